The summed E-state index contributed by atoms with van der Waals surface area (Å²) in [5, 5.41) is 0. The lowest BCUT2D eigenvalue weighted by Crippen LogP contribution is -1.78. The molecule has 0 N–H and O–H groups in total. The Balaban J connectivity index is 2.32. The molecule has 0 aliphatic heterocycles. The molecular weight excluding hydrogens is 96.9 g/mol. The summed E-state index contributed by atoms with van der Waals surface area (Å²) < 4.78 is 0. The van der Waals surface area contributed by atoms with E-state index in [4.69, 9.17) is 5.73 Å². The summed E-state index contributed by atoms with van der Waals surface area (Å²) in [5.41, 5.74) is 7.59. The lowest BCUT2D eigenvalue weighted by atomic mass is 11.5. The second-order valence-electron chi connectivity index (χ2n) is 0.278. The van der Waals surface area contributed by atoms with E-state index in [1.165, 1.54) is 0 Å². The van der Waals surface area contributed by atoms with Crippen LogP contribution in [0.3, 0.4) is 0 Å². The molecule has 2 radical (unpaired) electrons. The SMILES string of the molecule is [N]C(Cl)Cl. The molecule has 4 heavy (non-hydrogen) atoms. The molecule has 0 saturated heterocycles. The molecule has 0 heterocycles. The zero-order valence-electron chi connectivity index (χ0n) is 1.78. The normalized spacial score (nSPS) is 9.00. The van der Waals surface area contributed by atoms with Crippen LogP contribution in [0.1, 0.15) is 0 Å². The van der Waals surface area contributed by atoms with Crippen molar-refractivity contribution in [2.75, 3.05) is 0 Å². The summed E-state index contributed by atoms with van der Waals surface area (Å²) in [6.45, 7) is 0. The summed E-state index contributed by atoms with van der Waals surface area (Å²) in [5.74, 6) is 0. The Morgan fingerprint density at radius 3 is 1.50 bits per heavy atom. The molecule has 0 aliphatic rings. The van der Waals surface area contributed by atoms with Crippen molar-refractivity contribution in [3.05, 3.63) is 0 Å². The van der Waals surface area contributed by atoms with Crippen molar-refractivity contribution in [3.8, 4) is 0 Å². The molecule has 0 spiro atoms. The predicted molar refractivity (Wildman–Crippen MR) is 17.6 cm³/mol. The van der Waals surface area contributed by atoms with Gasteiger partial charge < -0.3 is 0 Å². The van der Waals surface area contributed by atoms with Crippen LogP contribution in [0.5, 0.6) is 0 Å². The smallest absolute Gasteiger partial charge is 0.106 e. The van der Waals surface area contributed by atoms with Gasteiger partial charge in [0.25, 0.3) is 0 Å². The van der Waals surface area contributed by atoms with E-state index >= 15 is 0 Å². The highest BCUT2D eigenvalue weighted by Gasteiger charge is 1.79. The number of nitrogens with zero attached hydrogens (tertiary/aromatic N) is 1. The maximum absolute atomic E-state index is 7.59. The van der Waals surface area contributed by atoms with Crippen LogP contribution in [0.2, 0.25) is 0 Å². The van der Waals surface area contributed by atoms with E-state index in [1.54, 1.807) is 0 Å². The Kier molecular flexibility index (Phi) is 2.07. The van der Waals surface area contributed by atoms with Crippen LogP contribution in [0.4, 0.5) is 0 Å². The summed E-state index contributed by atoms with van der Waals surface area (Å²) >= 11 is 9.19. The van der Waals surface area contributed by atoms with Crippen molar-refractivity contribution in [1.82, 2.24) is 5.73 Å². The quantitative estimate of drug-likeness (QED) is 0.316. The lowest BCUT2D eigenvalue weighted by Gasteiger charge is -1.69. The van der Waals surface area contributed by atoms with E-state index in [2.05, 4.69) is 23.2 Å². The Morgan fingerprint density at radius 2 is 1.50 bits per heavy atom. The zero-order valence-corrected chi connectivity index (χ0v) is 3.29. The molecule has 1 nitrogen and oxygen atoms in total. The standard InChI is InChI=1S/CHCl2N/c2-1(3)4/h1H. The molecule has 0 fully saturated rings. The van der Waals surface area contributed by atoms with Crippen molar-refractivity contribution in [3.63, 3.8) is 0 Å². The maximum atomic E-state index is 7.59. The van der Waals surface area contributed by atoms with Crippen molar-refractivity contribution in [2.45, 2.75) is 4.96 Å². The van der Waals surface area contributed by atoms with Crippen LogP contribution in [-0.4, -0.2) is 4.96 Å². The minimum atomic E-state index is -1.22. The highest BCUT2D eigenvalue weighted by atomic mass is 35.5. The molecule has 0 aromatic heterocycles. The topological polar surface area (TPSA) is 22.3 Å². The Hall–Kier alpha value is 0.540. The van der Waals surface area contributed by atoms with Crippen LogP contribution < -0.4 is 5.73 Å². The third-order valence-corrected chi connectivity index (χ3v) is 0. The van der Waals surface area contributed by atoms with Gasteiger partial charge in [0.15, 0.2) is 4.96 Å². The molecule has 0 unspecified atom stereocenters. The molecular formula is CHCl2N. The minimum Gasteiger partial charge on any atom is -0.106 e. The fourth-order valence-electron chi connectivity index (χ4n) is 0. The van der Waals surface area contributed by atoms with Gasteiger partial charge in [0.05, 0.1) is 0 Å². The van der Waals surface area contributed by atoms with Gasteiger partial charge >= 0.3 is 0 Å². The third-order valence-electron chi connectivity index (χ3n) is 0. The molecule has 3 heteroatoms. The molecule has 0 amide bonds. The van der Waals surface area contributed by atoms with Gasteiger partial charge in [0, 0.05) is 0 Å². The van der Waals surface area contributed by atoms with Crippen LogP contribution in [0.25, 0.3) is 0 Å². The molecule has 0 saturated carbocycles. The van der Waals surface area contributed by atoms with Gasteiger partial charge in [-0.25, -0.2) is 0 Å². The number of alkyl halides is 2. The van der Waals surface area contributed by atoms with Gasteiger partial charge in [-0.15, -0.1) is 5.73 Å². The van der Waals surface area contributed by atoms with E-state index in [1.807, 2.05) is 0 Å². The van der Waals surface area contributed by atoms with Crippen LogP contribution in [0.15, 0.2) is 0 Å². The molecule has 0 aromatic carbocycles. The van der Waals surface area contributed by atoms with Crippen LogP contribution in [-0.2, 0) is 0 Å². The highest BCUT2D eigenvalue weighted by molar-refractivity contribution is 6.43. The summed E-state index contributed by atoms with van der Waals surface area (Å²) in [7, 11) is 0. The van der Waals surface area contributed by atoms with E-state index in [-0.39, 0.29) is 0 Å². The Bertz CT molecular complexity index is 10.8. The Labute approximate surface area is 34.7 Å². The van der Waals surface area contributed by atoms with Crippen molar-refractivity contribution < 1.29 is 0 Å². The molecule has 0 bridgehead atoms. The molecule has 24 valence electrons. The van der Waals surface area contributed by atoms with Crippen molar-refractivity contribution >= 4 is 23.2 Å². The first-order valence-electron chi connectivity index (χ1n) is 0.695. The average Bonchev–Trinajstić information content (AvgIpc) is 0.811. The van der Waals surface area contributed by atoms with E-state index in [9.17, 15) is 0 Å². The third kappa shape index (κ3) is 20.7. The largest absolute Gasteiger partial charge is 0.190 e. The number of rotatable bonds is 0. The zero-order chi connectivity index (χ0) is 3.58. The second kappa shape index (κ2) is 1.82. The summed E-state index contributed by atoms with van der Waals surface area (Å²) in [6.07, 6.45) is 0. The monoisotopic (exact) mass is 96.9 g/mol. The second-order valence-corrected chi connectivity index (χ2v) is 1.33. The van der Waals surface area contributed by atoms with Gasteiger partial charge in [0.1, 0.15) is 0 Å². The van der Waals surface area contributed by atoms with Gasteiger partial charge in [-0.05, 0) is 0 Å². The maximum Gasteiger partial charge on any atom is 0.190 e. The molecule has 0 atom stereocenters. The number of halogens is 2. The summed E-state index contributed by atoms with van der Waals surface area (Å²) in [4.78, 5) is -1.22. The summed E-state index contributed by atoms with van der Waals surface area (Å²) in [6, 6.07) is 0. The lowest BCUT2D eigenvalue weighted by molar-refractivity contribution is 1.21. The minimum absolute atomic E-state index is 1.22. The molecule has 0 aromatic rings. The number of hydrogen-bond donors (Lipinski definition) is 0. The van der Waals surface area contributed by atoms with Gasteiger partial charge in [0.2, 0.25) is 0 Å². The van der Waals surface area contributed by atoms with E-state index in [0.29, 0.717) is 0 Å². The number of hydrogen-bond acceptors (Lipinski definition) is 0. The first-order valence-corrected chi connectivity index (χ1v) is 1.57. The highest BCUT2D eigenvalue weighted by Crippen LogP contribution is 1.89. The van der Waals surface area contributed by atoms with Gasteiger partial charge in [-0.2, -0.15) is 0 Å². The fourth-order valence-corrected chi connectivity index (χ4v) is 0. The van der Waals surface area contributed by atoms with Crippen molar-refractivity contribution in [1.29, 1.82) is 0 Å². The van der Waals surface area contributed by atoms with Gasteiger partial charge in [-0.3, -0.25) is 0 Å². The van der Waals surface area contributed by atoms with Gasteiger partial charge in [-0.1, -0.05) is 23.2 Å². The molecule has 0 rings (SSSR count). The average molecular weight is 97.9 g/mol. The first kappa shape index (κ1) is 4.54. The van der Waals surface area contributed by atoms with Crippen LogP contribution >= 0.6 is 23.2 Å². The molecule has 0 aliphatic carbocycles. The first-order chi connectivity index (χ1) is 1.73. The van der Waals surface area contributed by atoms with Crippen LogP contribution in [0, 0.1) is 0 Å². The predicted octanol–water partition coefficient (Wildman–Crippen LogP) is 0.816. The van der Waals surface area contributed by atoms with Crippen molar-refractivity contribution in [2.24, 2.45) is 0 Å². The Morgan fingerprint density at radius 1 is 1.50 bits per heavy atom. The van der Waals surface area contributed by atoms with E-state index in [0.717, 1.165) is 0 Å². The van der Waals surface area contributed by atoms with E-state index < -0.39 is 4.96 Å². The fraction of sp³-hybridized carbons (Fsp3) is 1.00.